The van der Waals surface area contributed by atoms with E-state index in [-0.39, 0.29) is 18.2 Å². The van der Waals surface area contributed by atoms with E-state index in [4.69, 9.17) is 4.42 Å². The van der Waals surface area contributed by atoms with Crippen LogP contribution in [0.4, 0.5) is 5.69 Å². The van der Waals surface area contributed by atoms with Crippen LogP contribution in [0, 0.1) is 0 Å². The van der Waals surface area contributed by atoms with Gasteiger partial charge in [-0.2, -0.15) is 0 Å². The number of aliphatic hydroxyl groups excluding tert-OH is 1. The second kappa shape index (κ2) is 5.61. The molecule has 1 aromatic carbocycles. The number of carbonyl (C=O) groups is 1. The van der Waals surface area contributed by atoms with Crippen molar-refractivity contribution in [1.29, 1.82) is 0 Å². The number of amides is 1. The first-order valence-electron chi connectivity index (χ1n) is 6.99. The van der Waals surface area contributed by atoms with Gasteiger partial charge in [0.05, 0.1) is 12.4 Å². The number of carbonyl (C=O) groups excluding carboxylic acids is 1. The van der Waals surface area contributed by atoms with Gasteiger partial charge in [-0.1, -0.05) is 12.1 Å². The summed E-state index contributed by atoms with van der Waals surface area (Å²) >= 11 is 0. The van der Waals surface area contributed by atoms with Gasteiger partial charge in [-0.3, -0.25) is 4.79 Å². The number of aliphatic hydroxyl groups is 1. The molecule has 1 aliphatic rings. The number of furan rings is 1. The first-order chi connectivity index (χ1) is 10.1. The smallest absolute Gasteiger partial charge is 0.287 e. The Kier molecular flexibility index (Phi) is 3.66. The molecule has 2 heterocycles. The van der Waals surface area contributed by atoms with Gasteiger partial charge in [0.1, 0.15) is 0 Å². The fourth-order valence-electron chi connectivity index (χ4n) is 2.60. The third-order valence-corrected chi connectivity index (χ3v) is 3.82. The van der Waals surface area contributed by atoms with Crippen molar-refractivity contribution in [3.63, 3.8) is 0 Å². The Morgan fingerprint density at radius 1 is 1.48 bits per heavy atom. The van der Waals surface area contributed by atoms with Gasteiger partial charge in [-0.15, -0.1) is 0 Å². The van der Waals surface area contributed by atoms with Gasteiger partial charge in [-0.25, -0.2) is 0 Å². The van der Waals surface area contributed by atoms with Crippen molar-refractivity contribution in [2.24, 2.45) is 0 Å². The van der Waals surface area contributed by atoms with E-state index in [9.17, 15) is 9.90 Å². The number of nitrogens with zero attached hydrogens (tertiary/aromatic N) is 1. The highest BCUT2D eigenvalue weighted by atomic mass is 16.3. The summed E-state index contributed by atoms with van der Waals surface area (Å²) in [5.74, 6) is -0.0716. The van der Waals surface area contributed by atoms with Crippen LogP contribution < -0.4 is 10.2 Å². The fourth-order valence-corrected chi connectivity index (χ4v) is 2.60. The molecule has 110 valence electrons. The van der Waals surface area contributed by atoms with Crippen LogP contribution in [-0.2, 0) is 6.42 Å². The molecule has 5 heteroatoms. The predicted octanol–water partition coefficient (Wildman–Crippen LogP) is 1.74. The standard InChI is InChI=1S/C16H18N2O3/c1-18-7-6-11-9-12(4-5-13(11)18)14(19)10-17-16(20)15-3-2-8-21-15/h2-5,8-9,14,19H,6-7,10H2,1H3,(H,17,20). The van der Waals surface area contributed by atoms with Crippen LogP contribution in [0.5, 0.6) is 0 Å². The molecule has 2 N–H and O–H groups in total. The van der Waals surface area contributed by atoms with Crippen molar-refractivity contribution >= 4 is 11.6 Å². The van der Waals surface area contributed by atoms with Gasteiger partial charge in [0, 0.05) is 25.8 Å². The van der Waals surface area contributed by atoms with Gasteiger partial charge in [0.2, 0.25) is 0 Å². The Bertz CT molecular complexity index is 637. The van der Waals surface area contributed by atoms with Crippen LogP contribution in [0.15, 0.2) is 41.0 Å². The summed E-state index contributed by atoms with van der Waals surface area (Å²) in [4.78, 5) is 13.9. The molecule has 1 atom stereocenters. The first kappa shape index (κ1) is 13.7. The summed E-state index contributed by atoms with van der Waals surface area (Å²) in [5, 5.41) is 12.9. The lowest BCUT2D eigenvalue weighted by Crippen LogP contribution is -2.28. The second-order valence-electron chi connectivity index (χ2n) is 5.26. The maximum atomic E-state index is 11.7. The quantitative estimate of drug-likeness (QED) is 0.898. The van der Waals surface area contributed by atoms with Crippen LogP contribution in [-0.4, -0.2) is 31.2 Å². The fraction of sp³-hybridized carbons (Fsp3) is 0.312. The van der Waals surface area contributed by atoms with Crippen LogP contribution in [0.2, 0.25) is 0 Å². The average Bonchev–Trinajstić information content (AvgIpc) is 3.14. The van der Waals surface area contributed by atoms with E-state index >= 15 is 0 Å². The minimum absolute atomic E-state index is 0.161. The number of hydrogen-bond donors (Lipinski definition) is 2. The predicted molar refractivity (Wildman–Crippen MR) is 79.4 cm³/mol. The van der Waals surface area contributed by atoms with Crippen LogP contribution in [0.25, 0.3) is 0 Å². The summed E-state index contributed by atoms with van der Waals surface area (Å²) in [6, 6.07) is 9.19. The van der Waals surface area contributed by atoms with Crippen molar-refractivity contribution in [3.8, 4) is 0 Å². The minimum atomic E-state index is -0.722. The highest BCUT2D eigenvalue weighted by molar-refractivity contribution is 5.91. The number of likely N-dealkylation sites (N-methyl/N-ethyl adjacent to an activating group) is 1. The average molecular weight is 286 g/mol. The molecule has 1 aromatic heterocycles. The molecule has 0 saturated heterocycles. The summed E-state index contributed by atoms with van der Waals surface area (Å²) in [5.41, 5.74) is 3.28. The molecule has 0 aliphatic carbocycles. The molecule has 0 saturated carbocycles. The van der Waals surface area contributed by atoms with Crippen LogP contribution >= 0.6 is 0 Å². The molecule has 0 spiro atoms. The maximum Gasteiger partial charge on any atom is 0.287 e. The van der Waals surface area contributed by atoms with Crippen LogP contribution in [0.1, 0.15) is 27.8 Å². The third kappa shape index (κ3) is 2.78. The highest BCUT2D eigenvalue weighted by Gasteiger charge is 2.18. The van der Waals surface area contributed by atoms with Gasteiger partial charge in [-0.05, 0) is 35.7 Å². The topological polar surface area (TPSA) is 65.7 Å². The monoisotopic (exact) mass is 286 g/mol. The number of fused-ring (bicyclic) bond motifs is 1. The minimum Gasteiger partial charge on any atom is -0.459 e. The number of nitrogens with one attached hydrogen (secondary N) is 1. The van der Waals surface area contributed by atoms with Crippen molar-refractivity contribution in [1.82, 2.24) is 5.32 Å². The van der Waals surface area contributed by atoms with Crippen LogP contribution in [0.3, 0.4) is 0 Å². The van der Waals surface area contributed by atoms with E-state index in [0.29, 0.717) is 0 Å². The van der Waals surface area contributed by atoms with Crippen molar-refractivity contribution < 1.29 is 14.3 Å². The zero-order chi connectivity index (χ0) is 14.8. The Balaban J connectivity index is 1.63. The molecule has 21 heavy (non-hydrogen) atoms. The third-order valence-electron chi connectivity index (χ3n) is 3.82. The van der Waals surface area contributed by atoms with Gasteiger partial charge in [0.25, 0.3) is 5.91 Å². The Morgan fingerprint density at radius 2 is 2.33 bits per heavy atom. The molecular formula is C16H18N2O3. The van der Waals surface area contributed by atoms with Crippen molar-refractivity contribution in [2.75, 3.05) is 25.0 Å². The number of anilines is 1. The van der Waals surface area contributed by atoms with Gasteiger partial charge >= 0.3 is 0 Å². The van der Waals surface area contributed by atoms with Gasteiger partial charge in [0.15, 0.2) is 5.76 Å². The number of rotatable bonds is 4. The zero-order valence-electron chi connectivity index (χ0n) is 11.9. The largest absolute Gasteiger partial charge is 0.459 e. The lowest BCUT2D eigenvalue weighted by molar-refractivity contribution is 0.0889. The molecule has 5 nitrogen and oxygen atoms in total. The Morgan fingerprint density at radius 3 is 3.10 bits per heavy atom. The number of benzene rings is 1. The Labute approximate surface area is 123 Å². The number of hydrogen-bond acceptors (Lipinski definition) is 4. The molecular weight excluding hydrogens is 268 g/mol. The molecule has 0 fully saturated rings. The van der Waals surface area contributed by atoms with Crippen molar-refractivity contribution in [3.05, 3.63) is 53.5 Å². The summed E-state index contributed by atoms with van der Waals surface area (Å²) in [7, 11) is 2.06. The summed E-state index contributed by atoms with van der Waals surface area (Å²) < 4.78 is 5.01. The molecule has 2 aromatic rings. The molecule has 1 unspecified atom stereocenters. The van der Waals surface area contributed by atoms with E-state index in [1.807, 2.05) is 18.2 Å². The zero-order valence-corrected chi connectivity index (χ0v) is 11.9. The van der Waals surface area contributed by atoms with Gasteiger partial charge < -0.3 is 19.7 Å². The van der Waals surface area contributed by atoms with E-state index < -0.39 is 6.10 Å². The molecule has 1 aliphatic heterocycles. The van der Waals surface area contributed by atoms with E-state index in [2.05, 4.69) is 17.3 Å². The molecule has 1 amide bonds. The molecule has 0 bridgehead atoms. The Hall–Kier alpha value is -2.27. The second-order valence-corrected chi connectivity index (χ2v) is 5.26. The van der Waals surface area contributed by atoms with E-state index in [1.165, 1.54) is 17.5 Å². The SMILES string of the molecule is CN1CCc2cc(C(O)CNC(=O)c3ccco3)ccc21. The summed E-state index contributed by atoms with van der Waals surface area (Å²) in [6.45, 7) is 1.16. The lowest BCUT2D eigenvalue weighted by atomic mass is 10.0. The molecule has 3 rings (SSSR count). The van der Waals surface area contributed by atoms with Crippen molar-refractivity contribution in [2.45, 2.75) is 12.5 Å². The first-order valence-corrected chi connectivity index (χ1v) is 6.99. The highest BCUT2D eigenvalue weighted by Crippen LogP contribution is 2.29. The molecule has 0 radical (unpaired) electrons. The summed E-state index contributed by atoms with van der Waals surface area (Å²) in [6.07, 6.45) is 1.72. The lowest BCUT2D eigenvalue weighted by Gasteiger charge is -2.15. The van der Waals surface area contributed by atoms with E-state index in [0.717, 1.165) is 18.5 Å². The normalized spacial score (nSPS) is 14.9. The van der Waals surface area contributed by atoms with E-state index in [1.54, 1.807) is 12.1 Å². The maximum absolute atomic E-state index is 11.7.